The Hall–Kier alpha value is -4.04. The molecule has 0 aliphatic carbocycles. The number of ether oxygens (including phenoxy) is 1. The van der Waals surface area contributed by atoms with E-state index in [4.69, 9.17) is 15.0 Å². The van der Waals surface area contributed by atoms with Gasteiger partial charge < -0.3 is 15.0 Å². The number of anilines is 2. The molecule has 2 aromatic carbocycles. The molecule has 3 N–H and O–H groups in total. The fourth-order valence-electron chi connectivity index (χ4n) is 4.15. The molecule has 0 bridgehead atoms. The number of nitrogens with one attached hydrogen (secondary N) is 1. The van der Waals surface area contributed by atoms with Crippen molar-refractivity contribution >= 4 is 17.7 Å². The highest BCUT2D eigenvalue weighted by molar-refractivity contribution is 5.98. The summed E-state index contributed by atoms with van der Waals surface area (Å²) in [6.45, 7) is 1.01. The van der Waals surface area contributed by atoms with Crippen molar-refractivity contribution in [3.05, 3.63) is 78.6 Å². The van der Waals surface area contributed by atoms with Crippen LogP contribution in [0.1, 0.15) is 18.4 Å². The zero-order valence-electron chi connectivity index (χ0n) is 17.9. The number of carbonyl (C=O) groups excluding carboxylic acids is 1. The zero-order valence-corrected chi connectivity index (χ0v) is 17.9. The summed E-state index contributed by atoms with van der Waals surface area (Å²) in [6.07, 6.45) is 4.51. The summed E-state index contributed by atoms with van der Waals surface area (Å²) < 4.78 is 11.0. The number of aromatic nitrogens is 3. The molecule has 1 fully saturated rings. The number of nitrogens with zero attached hydrogens (tertiary/aromatic N) is 3. The molecule has 166 valence electrons. The first kappa shape index (κ1) is 20.8. The van der Waals surface area contributed by atoms with E-state index in [0.29, 0.717) is 37.6 Å². The largest absolute Gasteiger partial charge is 0.381 e. The summed E-state index contributed by atoms with van der Waals surface area (Å²) in [5.41, 5.74) is 9.17. The van der Waals surface area contributed by atoms with Gasteiger partial charge in [-0.15, -0.1) is 0 Å². The molecule has 33 heavy (non-hydrogen) atoms. The van der Waals surface area contributed by atoms with Crippen LogP contribution >= 0.6 is 0 Å². The molecule has 0 saturated carbocycles. The van der Waals surface area contributed by atoms with Crippen molar-refractivity contribution in [1.82, 2.24) is 15.1 Å². The van der Waals surface area contributed by atoms with E-state index in [1.54, 1.807) is 18.5 Å². The second-order valence-corrected chi connectivity index (χ2v) is 8.00. The van der Waals surface area contributed by atoms with Gasteiger partial charge in [0.25, 0.3) is 0 Å². The van der Waals surface area contributed by atoms with Crippen LogP contribution in [0.25, 0.3) is 22.4 Å². The lowest BCUT2D eigenvalue weighted by Crippen LogP contribution is -2.44. The van der Waals surface area contributed by atoms with Crippen LogP contribution in [0, 0.1) is 0 Å². The Kier molecular flexibility index (Phi) is 5.58. The molecule has 0 radical (unpaired) electrons. The van der Waals surface area contributed by atoms with Crippen LogP contribution < -0.4 is 11.1 Å². The summed E-state index contributed by atoms with van der Waals surface area (Å²) >= 11 is 0. The first-order valence-electron chi connectivity index (χ1n) is 10.7. The zero-order chi connectivity index (χ0) is 22.7. The van der Waals surface area contributed by atoms with Crippen LogP contribution in [-0.4, -0.2) is 34.2 Å². The van der Waals surface area contributed by atoms with Crippen molar-refractivity contribution in [2.75, 3.05) is 24.3 Å². The van der Waals surface area contributed by atoms with E-state index in [9.17, 15) is 4.79 Å². The lowest BCUT2D eigenvalue weighted by Gasteiger charge is -2.36. The topological polar surface area (TPSA) is 116 Å². The average Bonchev–Trinajstić information content (AvgIpc) is 3.34. The number of nitrogens with two attached hydrogens (primary N) is 1. The Morgan fingerprint density at radius 1 is 0.909 bits per heavy atom. The van der Waals surface area contributed by atoms with Gasteiger partial charge in [-0.3, -0.25) is 10.1 Å². The minimum absolute atomic E-state index is 0.134. The minimum atomic E-state index is -0.728. The van der Waals surface area contributed by atoms with Gasteiger partial charge >= 0.3 is 0 Å². The molecule has 1 aliphatic heterocycles. The Morgan fingerprint density at radius 3 is 2.30 bits per heavy atom. The summed E-state index contributed by atoms with van der Waals surface area (Å²) in [5.74, 6) is 0.418. The molecular formula is C25H23N5O3. The van der Waals surface area contributed by atoms with Crippen LogP contribution in [0.5, 0.6) is 0 Å². The summed E-state index contributed by atoms with van der Waals surface area (Å²) in [7, 11) is 0. The maximum absolute atomic E-state index is 13.5. The van der Waals surface area contributed by atoms with E-state index in [1.807, 2.05) is 54.6 Å². The normalized spacial score (nSPS) is 15.2. The Bertz CT molecular complexity index is 1230. The highest BCUT2D eigenvalue weighted by atomic mass is 16.5. The minimum Gasteiger partial charge on any atom is -0.381 e. The third-order valence-electron chi connectivity index (χ3n) is 6.04. The molecule has 2 aromatic heterocycles. The molecule has 0 atom stereocenters. The SMILES string of the molecule is Nc1ncc(-c2ccc(C3(C(=O)Nc4cc(-c5ccccc5)no4)CCOCC3)cc2)cn1. The molecule has 0 unspecified atom stereocenters. The number of benzene rings is 2. The quantitative estimate of drug-likeness (QED) is 0.479. The van der Waals surface area contributed by atoms with Crippen molar-refractivity contribution in [2.24, 2.45) is 0 Å². The van der Waals surface area contributed by atoms with E-state index in [-0.39, 0.29) is 11.9 Å². The molecule has 1 amide bonds. The predicted molar refractivity (Wildman–Crippen MR) is 124 cm³/mol. The fraction of sp³-hybridized carbons (Fsp3) is 0.200. The van der Waals surface area contributed by atoms with Crippen molar-refractivity contribution in [3.8, 4) is 22.4 Å². The van der Waals surface area contributed by atoms with Crippen molar-refractivity contribution in [3.63, 3.8) is 0 Å². The summed E-state index contributed by atoms with van der Waals surface area (Å²) in [4.78, 5) is 21.6. The van der Waals surface area contributed by atoms with Crippen LogP contribution in [-0.2, 0) is 14.9 Å². The van der Waals surface area contributed by atoms with Crippen molar-refractivity contribution in [2.45, 2.75) is 18.3 Å². The van der Waals surface area contributed by atoms with Crippen molar-refractivity contribution < 1.29 is 14.1 Å². The average molecular weight is 441 g/mol. The van der Waals surface area contributed by atoms with Crippen LogP contribution in [0.4, 0.5) is 11.8 Å². The van der Waals surface area contributed by atoms with E-state index in [2.05, 4.69) is 20.4 Å². The van der Waals surface area contributed by atoms with E-state index in [0.717, 1.165) is 22.3 Å². The molecule has 1 aliphatic rings. The predicted octanol–water partition coefficient (Wildman–Crippen LogP) is 4.07. The van der Waals surface area contributed by atoms with Gasteiger partial charge in [-0.2, -0.15) is 0 Å². The van der Waals surface area contributed by atoms with Crippen LogP contribution in [0.3, 0.4) is 0 Å². The monoisotopic (exact) mass is 441 g/mol. The lowest BCUT2D eigenvalue weighted by molar-refractivity contribution is -0.125. The Labute approximate surface area is 190 Å². The van der Waals surface area contributed by atoms with Gasteiger partial charge in [-0.25, -0.2) is 9.97 Å². The van der Waals surface area contributed by atoms with Gasteiger partial charge in [0, 0.05) is 42.8 Å². The lowest BCUT2D eigenvalue weighted by atomic mass is 9.73. The number of rotatable bonds is 5. The first-order valence-corrected chi connectivity index (χ1v) is 10.7. The number of nitrogen functional groups attached to an aromatic ring is 1. The van der Waals surface area contributed by atoms with Gasteiger partial charge in [0.2, 0.25) is 17.7 Å². The highest BCUT2D eigenvalue weighted by Crippen LogP contribution is 2.37. The maximum Gasteiger partial charge on any atom is 0.237 e. The van der Waals surface area contributed by atoms with Gasteiger partial charge in [-0.05, 0) is 24.0 Å². The molecule has 3 heterocycles. The van der Waals surface area contributed by atoms with Crippen LogP contribution in [0.15, 0.2) is 77.6 Å². The number of hydrogen-bond acceptors (Lipinski definition) is 7. The summed E-state index contributed by atoms with van der Waals surface area (Å²) in [6, 6.07) is 19.3. The summed E-state index contributed by atoms with van der Waals surface area (Å²) in [5, 5.41) is 7.03. The van der Waals surface area contributed by atoms with Gasteiger partial charge in [0.05, 0.1) is 5.41 Å². The Morgan fingerprint density at radius 2 is 1.61 bits per heavy atom. The molecule has 5 rings (SSSR count). The molecular weight excluding hydrogens is 418 g/mol. The van der Waals surface area contributed by atoms with E-state index in [1.165, 1.54) is 0 Å². The maximum atomic E-state index is 13.5. The number of amides is 1. The fourth-order valence-corrected chi connectivity index (χ4v) is 4.15. The standard InChI is InChI=1S/C25H23N5O3/c26-24-27-15-19(16-28-24)17-6-8-20(9-7-17)25(10-12-32-13-11-25)23(31)29-22-14-21(30-33-22)18-4-2-1-3-5-18/h1-9,14-16H,10-13H2,(H,29,31)(H2,26,27,28). The molecule has 8 nitrogen and oxygen atoms in total. The van der Waals surface area contributed by atoms with Gasteiger partial charge in [0.15, 0.2) is 0 Å². The first-order chi connectivity index (χ1) is 16.1. The van der Waals surface area contributed by atoms with Crippen molar-refractivity contribution in [1.29, 1.82) is 0 Å². The smallest absolute Gasteiger partial charge is 0.237 e. The highest BCUT2D eigenvalue weighted by Gasteiger charge is 2.42. The number of carbonyl (C=O) groups is 1. The third-order valence-corrected chi connectivity index (χ3v) is 6.04. The van der Waals surface area contributed by atoms with Crippen LogP contribution in [0.2, 0.25) is 0 Å². The Balaban J connectivity index is 1.40. The van der Waals surface area contributed by atoms with Gasteiger partial charge in [-0.1, -0.05) is 59.8 Å². The van der Waals surface area contributed by atoms with Gasteiger partial charge in [0.1, 0.15) is 5.69 Å². The van der Waals surface area contributed by atoms with E-state index < -0.39 is 5.41 Å². The van der Waals surface area contributed by atoms with E-state index >= 15 is 0 Å². The molecule has 0 spiro atoms. The molecule has 4 aromatic rings. The third kappa shape index (κ3) is 4.20. The second-order valence-electron chi connectivity index (χ2n) is 8.00. The second kappa shape index (κ2) is 8.84. The molecule has 1 saturated heterocycles. The number of hydrogen-bond donors (Lipinski definition) is 2. The molecule has 8 heteroatoms.